The van der Waals surface area contributed by atoms with Crippen LogP contribution in [0.1, 0.15) is 89.0 Å². The van der Waals surface area contributed by atoms with Crippen LogP contribution in [0.3, 0.4) is 0 Å². The van der Waals surface area contributed by atoms with Crippen molar-refractivity contribution in [1.82, 2.24) is 0 Å². The summed E-state index contributed by atoms with van der Waals surface area (Å²) in [5, 5.41) is 0. The molecular formula is C29H35F7O2. The third kappa shape index (κ3) is 6.57. The predicted octanol–water partition coefficient (Wildman–Crippen LogP) is 9.61. The lowest BCUT2D eigenvalue weighted by molar-refractivity contribution is -0.324. The molecule has 2 nitrogen and oxygen atoms in total. The third-order valence-corrected chi connectivity index (χ3v) is 8.40. The molecule has 1 aromatic carbocycles. The second-order valence-electron chi connectivity index (χ2n) is 11.0. The summed E-state index contributed by atoms with van der Waals surface area (Å²) in [6.07, 6.45) is 7.30. The molecule has 0 aliphatic heterocycles. The number of benzene rings is 1. The smallest absolute Gasteiger partial charge is 0.392 e. The van der Waals surface area contributed by atoms with Gasteiger partial charge >= 0.3 is 12.0 Å². The number of rotatable bonds is 9. The van der Waals surface area contributed by atoms with E-state index >= 15 is 0 Å². The molecule has 0 radical (unpaired) electrons. The Kier molecular flexibility index (Phi) is 9.15. The number of halogens is 7. The highest BCUT2D eigenvalue weighted by molar-refractivity contribution is 5.33. The first-order chi connectivity index (χ1) is 18.0. The minimum Gasteiger partial charge on any atom is -0.478 e. The van der Waals surface area contributed by atoms with Gasteiger partial charge in [-0.1, -0.05) is 32.6 Å². The van der Waals surface area contributed by atoms with Gasteiger partial charge in [-0.15, -0.1) is 0 Å². The van der Waals surface area contributed by atoms with Crippen molar-refractivity contribution >= 4 is 0 Å². The second-order valence-corrected chi connectivity index (χ2v) is 11.0. The molecule has 2 fully saturated rings. The van der Waals surface area contributed by atoms with Crippen LogP contribution < -0.4 is 4.74 Å². The highest BCUT2D eigenvalue weighted by Crippen LogP contribution is 2.45. The molecule has 212 valence electrons. The molecule has 3 aliphatic rings. The van der Waals surface area contributed by atoms with E-state index in [0.717, 1.165) is 43.7 Å². The van der Waals surface area contributed by atoms with E-state index in [0.29, 0.717) is 29.6 Å². The van der Waals surface area contributed by atoms with Crippen LogP contribution in [0, 0.1) is 29.4 Å². The molecule has 9 heteroatoms. The fourth-order valence-corrected chi connectivity index (χ4v) is 6.36. The Morgan fingerprint density at radius 2 is 1.37 bits per heavy atom. The summed E-state index contributed by atoms with van der Waals surface area (Å²) in [6, 6.07) is 2.14. The van der Waals surface area contributed by atoms with Crippen molar-refractivity contribution in [3.05, 3.63) is 53.1 Å². The van der Waals surface area contributed by atoms with E-state index in [4.69, 9.17) is 0 Å². The lowest BCUT2D eigenvalue weighted by Gasteiger charge is -2.38. The van der Waals surface area contributed by atoms with Crippen molar-refractivity contribution in [1.29, 1.82) is 0 Å². The monoisotopic (exact) mass is 548 g/mol. The fraction of sp³-hybridized carbons (Fsp3) is 0.655. The summed E-state index contributed by atoms with van der Waals surface area (Å²) in [4.78, 5) is 0. The molecule has 0 heterocycles. The first-order valence-electron chi connectivity index (χ1n) is 13.6. The van der Waals surface area contributed by atoms with Crippen LogP contribution in [0.4, 0.5) is 30.7 Å². The van der Waals surface area contributed by atoms with Crippen LogP contribution in [-0.2, 0) is 4.74 Å². The standard InChI is InChI=1S/C29H35F7O2/c1-2-4-18-7-9-19(10-8-18)20-11-13-21(14-12-20)22-15-23(30)27(24(31)16-22)37-17-28(34,35)38-29(36)25(32)5-3-6-26(29)33/h5-6,15-16,18-21H,2-4,7-14,17H2,1H3/t18-,19-,20?,21?. The molecule has 0 atom stereocenters. The molecule has 4 rings (SSSR count). The van der Waals surface area contributed by atoms with Crippen molar-refractivity contribution in [3.63, 3.8) is 0 Å². The zero-order chi connectivity index (χ0) is 27.5. The zero-order valence-electron chi connectivity index (χ0n) is 21.6. The zero-order valence-corrected chi connectivity index (χ0v) is 21.6. The Balaban J connectivity index is 1.32. The van der Waals surface area contributed by atoms with Crippen molar-refractivity contribution < 1.29 is 40.2 Å². The van der Waals surface area contributed by atoms with Crippen LogP contribution in [0.5, 0.6) is 5.75 Å². The van der Waals surface area contributed by atoms with Crippen molar-refractivity contribution in [3.8, 4) is 5.75 Å². The molecule has 0 saturated heterocycles. The quantitative estimate of drug-likeness (QED) is 0.286. The number of alkyl halides is 3. The first-order valence-corrected chi connectivity index (χ1v) is 13.6. The van der Waals surface area contributed by atoms with E-state index in [9.17, 15) is 30.7 Å². The SMILES string of the molecule is CCC[C@H]1CC[C@H](C2CCC(c3cc(F)c(OCC(F)(F)OC4(F)C(F)=CCC=C4F)c(F)c3)CC2)CC1. The van der Waals surface area contributed by atoms with Crippen LogP contribution in [0.2, 0.25) is 0 Å². The van der Waals surface area contributed by atoms with Crippen molar-refractivity contribution in [2.45, 2.75) is 95.4 Å². The second kappa shape index (κ2) is 12.0. The molecule has 0 unspecified atom stereocenters. The Labute approximate surface area is 219 Å². The first kappa shape index (κ1) is 29.0. The topological polar surface area (TPSA) is 18.5 Å². The van der Waals surface area contributed by atoms with Crippen LogP contribution in [0.25, 0.3) is 0 Å². The van der Waals surface area contributed by atoms with E-state index in [1.165, 1.54) is 38.5 Å². The Bertz CT molecular complexity index is 981. The van der Waals surface area contributed by atoms with Gasteiger partial charge in [0.15, 0.2) is 35.6 Å². The predicted molar refractivity (Wildman–Crippen MR) is 130 cm³/mol. The Morgan fingerprint density at radius 1 is 0.842 bits per heavy atom. The lowest BCUT2D eigenvalue weighted by Crippen LogP contribution is -2.42. The molecule has 2 saturated carbocycles. The molecule has 0 spiro atoms. The minimum atomic E-state index is -4.59. The maximum absolute atomic E-state index is 14.7. The Morgan fingerprint density at radius 3 is 1.89 bits per heavy atom. The Hall–Kier alpha value is -2.03. The summed E-state index contributed by atoms with van der Waals surface area (Å²) >= 11 is 0. The summed E-state index contributed by atoms with van der Waals surface area (Å²) < 4.78 is 108. The molecule has 38 heavy (non-hydrogen) atoms. The van der Waals surface area contributed by atoms with Gasteiger partial charge in [0.05, 0.1) is 0 Å². The lowest BCUT2D eigenvalue weighted by atomic mass is 9.68. The molecule has 3 aliphatic carbocycles. The van der Waals surface area contributed by atoms with E-state index in [1.54, 1.807) is 0 Å². The van der Waals surface area contributed by atoms with Gasteiger partial charge < -0.3 is 4.74 Å². The molecule has 0 bridgehead atoms. The summed E-state index contributed by atoms with van der Waals surface area (Å²) in [6.45, 7) is 0.373. The van der Waals surface area contributed by atoms with E-state index in [-0.39, 0.29) is 12.3 Å². The highest BCUT2D eigenvalue weighted by atomic mass is 19.3. The largest absolute Gasteiger partial charge is 0.478 e. The summed E-state index contributed by atoms with van der Waals surface area (Å²) in [7, 11) is 0. The van der Waals surface area contributed by atoms with E-state index < -0.39 is 47.6 Å². The van der Waals surface area contributed by atoms with Crippen LogP contribution in [0.15, 0.2) is 35.9 Å². The van der Waals surface area contributed by atoms with Crippen LogP contribution >= 0.6 is 0 Å². The summed E-state index contributed by atoms with van der Waals surface area (Å²) in [5.41, 5.74) is 0.435. The average Bonchev–Trinajstić information content (AvgIpc) is 2.87. The van der Waals surface area contributed by atoms with Gasteiger partial charge in [-0.25, -0.2) is 17.6 Å². The van der Waals surface area contributed by atoms with Crippen molar-refractivity contribution in [2.75, 3.05) is 6.61 Å². The fourth-order valence-electron chi connectivity index (χ4n) is 6.36. The number of ether oxygens (including phenoxy) is 2. The molecule has 1 aromatic rings. The van der Waals surface area contributed by atoms with Gasteiger partial charge in [0.1, 0.15) is 0 Å². The maximum atomic E-state index is 14.7. The minimum absolute atomic E-state index is 0.0484. The number of hydrogen-bond acceptors (Lipinski definition) is 2. The summed E-state index contributed by atoms with van der Waals surface area (Å²) in [5.74, 6) is -9.21. The molecule has 0 amide bonds. The normalized spacial score (nSPS) is 28.0. The van der Waals surface area contributed by atoms with E-state index in [1.807, 2.05) is 0 Å². The van der Waals surface area contributed by atoms with E-state index in [2.05, 4.69) is 16.4 Å². The van der Waals surface area contributed by atoms with Gasteiger partial charge in [-0.05, 0) is 98.5 Å². The maximum Gasteiger partial charge on any atom is 0.392 e. The van der Waals surface area contributed by atoms with Crippen LogP contribution in [-0.4, -0.2) is 18.6 Å². The van der Waals surface area contributed by atoms with Gasteiger partial charge in [0.25, 0.3) is 0 Å². The van der Waals surface area contributed by atoms with Gasteiger partial charge in [-0.3, -0.25) is 4.74 Å². The molecule has 0 aromatic heterocycles. The number of allylic oxidation sites excluding steroid dienone is 2. The van der Waals surface area contributed by atoms with Gasteiger partial charge in [-0.2, -0.15) is 13.2 Å². The number of hydrogen-bond donors (Lipinski definition) is 0. The molecule has 0 N–H and O–H groups in total. The van der Waals surface area contributed by atoms with Crippen molar-refractivity contribution in [2.24, 2.45) is 17.8 Å². The average molecular weight is 549 g/mol. The highest BCUT2D eigenvalue weighted by Gasteiger charge is 2.52. The van der Waals surface area contributed by atoms with Gasteiger partial charge in [0.2, 0.25) is 0 Å². The third-order valence-electron chi connectivity index (χ3n) is 8.40. The molecular weight excluding hydrogens is 513 g/mol. The van der Waals surface area contributed by atoms with Gasteiger partial charge in [0, 0.05) is 0 Å².